The fourth-order valence-corrected chi connectivity index (χ4v) is 3.97. The number of aromatic nitrogens is 2. The van der Waals surface area contributed by atoms with Crippen LogP contribution in [0.1, 0.15) is 42.2 Å². The summed E-state index contributed by atoms with van der Waals surface area (Å²) in [5, 5.41) is 4.30. The Morgan fingerprint density at radius 1 is 1.18 bits per heavy atom. The number of benzene rings is 1. The van der Waals surface area contributed by atoms with Crippen LogP contribution in [0.15, 0.2) is 47.1 Å². The Balaban J connectivity index is 1.81. The minimum Gasteiger partial charge on any atom is -0.354 e. The number of pyridine rings is 2. The van der Waals surface area contributed by atoms with E-state index in [0.29, 0.717) is 11.2 Å². The van der Waals surface area contributed by atoms with Gasteiger partial charge < -0.3 is 10.2 Å². The molecule has 0 spiro atoms. The van der Waals surface area contributed by atoms with Crippen LogP contribution in [-0.4, -0.2) is 33.4 Å². The van der Waals surface area contributed by atoms with E-state index < -0.39 is 0 Å². The third-order valence-corrected chi connectivity index (χ3v) is 5.81. The van der Waals surface area contributed by atoms with Gasteiger partial charge in [-0.05, 0) is 69.5 Å². The highest BCUT2D eigenvalue weighted by Gasteiger charge is 2.27. The van der Waals surface area contributed by atoms with E-state index in [1.54, 1.807) is 6.20 Å². The van der Waals surface area contributed by atoms with Crippen LogP contribution in [0.5, 0.6) is 0 Å². The normalized spacial score (nSPS) is 17.0. The summed E-state index contributed by atoms with van der Waals surface area (Å²) in [6, 6.07) is 12.1. The van der Waals surface area contributed by atoms with Gasteiger partial charge in [-0.25, -0.2) is 9.97 Å². The Labute approximate surface area is 173 Å². The van der Waals surface area contributed by atoms with Crippen molar-refractivity contribution < 1.29 is 4.79 Å². The molecular formula is C22H23BrN4O. The number of hydrogen-bond donors (Lipinski definition) is 1. The number of amides is 1. The summed E-state index contributed by atoms with van der Waals surface area (Å²) in [5.41, 5.74) is 3.82. The molecule has 5 nitrogen and oxygen atoms in total. The molecule has 1 aliphatic heterocycles. The SMILES string of the molecule is Cc1ccc2c(Nc3ccc(Br)cc3)c(C(=O)N3CCCC[C@@H]3C)cnc2n1. The van der Waals surface area contributed by atoms with Crippen LogP contribution in [0.4, 0.5) is 11.4 Å². The molecule has 0 aliphatic carbocycles. The molecule has 1 N–H and O–H groups in total. The van der Waals surface area contributed by atoms with Gasteiger partial charge in [0.2, 0.25) is 0 Å². The lowest BCUT2D eigenvalue weighted by atomic mass is 10.0. The second kappa shape index (κ2) is 7.87. The maximum absolute atomic E-state index is 13.4. The van der Waals surface area contributed by atoms with Gasteiger partial charge in [0.1, 0.15) is 0 Å². The van der Waals surface area contributed by atoms with E-state index >= 15 is 0 Å². The van der Waals surface area contributed by atoms with Crippen molar-refractivity contribution in [2.75, 3.05) is 11.9 Å². The highest BCUT2D eigenvalue weighted by molar-refractivity contribution is 9.10. The number of carbonyl (C=O) groups excluding carboxylic acids is 1. The molecular weight excluding hydrogens is 416 g/mol. The lowest BCUT2D eigenvalue weighted by Crippen LogP contribution is -2.42. The van der Waals surface area contributed by atoms with Gasteiger partial charge in [-0.3, -0.25) is 4.79 Å². The molecule has 1 aliphatic rings. The third kappa shape index (κ3) is 3.74. The molecule has 1 amide bonds. The smallest absolute Gasteiger partial charge is 0.257 e. The number of likely N-dealkylation sites (tertiary alicyclic amines) is 1. The summed E-state index contributed by atoms with van der Waals surface area (Å²) in [7, 11) is 0. The van der Waals surface area contributed by atoms with E-state index in [1.807, 2.05) is 48.2 Å². The number of anilines is 2. The summed E-state index contributed by atoms with van der Waals surface area (Å²) < 4.78 is 1.01. The first-order valence-electron chi connectivity index (χ1n) is 9.63. The molecule has 1 atom stereocenters. The number of nitrogens with one attached hydrogen (secondary N) is 1. The number of fused-ring (bicyclic) bond motifs is 1. The molecule has 0 saturated carbocycles. The number of carbonyl (C=O) groups is 1. The second-order valence-corrected chi connectivity index (χ2v) is 8.26. The quantitative estimate of drug-likeness (QED) is 0.589. The Kier molecular flexibility index (Phi) is 5.31. The highest BCUT2D eigenvalue weighted by Crippen LogP contribution is 2.31. The summed E-state index contributed by atoms with van der Waals surface area (Å²) >= 11 is 3.47. The van der Waals surface area contributed by atoms with Crippen LogP contribution >= 0.6 is 15.9 Å². The number of aryl methyl sites for hydroxylation is 1. The van der Waals surface area contributed by atoms with Gasteiger partial charge in [0.25, 0.3) is 5.91 Å². The van der Waals surface area contributed by atoms with Crippen LogP contribution in [0, 0.1) is 6.92 Å². The molecule has 0 radical (unpaired) electrons. The van der Waals surface area contributed by atoms with Crippen LogP contribution in [0.2, 0.25) is 0 Å². The average Bonchev–Trinajstić information content (AvgIpc) is 2.69. The summed E-state index contributed by atoms with van der Waals surface area (Å²) in [6.07, 6.45) is 4.93. The predicted molar refractivity (Wildman–Crippen MR) is 116 cm³/mol. The molecule has 28 heavy (non-hydrogen) atoms. The van der Waals surface area contributed by atoms with Crippen molar-refractivity contribution >= 4 is 44.2 Å². The van der Waals surface area contributed by atoms with Crippen molar-refractivity contribution in [3.8, 4) is 0 Å². The van der Waals surface area contributed by atoms with Gasteiger partial charge in [-0.1, -0.05) is 15.9 Å². The molecule has 0 unspecified atom stereocenters. The maximum atomic E-state index is 13.4. The molecule has 1 saturated heterocycles. The summed E-state index contributed by atoms with van der Waals surface area (Å²) in [6.45, 7) is 4.86. The highest BCUT2D eigenvalue weighted by atomic mass is 79.9. The number of rotatable bonds is 3. The van der Waals surface area contributed by atoms with Crippen LogP contribution < -0.4 is 5.32 Å². The van der Waals surface area contributed by atoms with Gasteiger partial charge in [-0.2, -0.15) is 0 Å². The lowest BCUT2D eigenvalue weighted by Gasteiger charge is -2.34. The molecule has 144 valence electrons. The zero-order valence-corrected chi connectivity index (χ0v) is 17.7. The Morgan fingerprint density at radius 2 is 1.96 bits per heavy atom. The Morgan fingerprint density at radius 3 is 2.71 bits per heavy atom. The molecule has 1 fully saturated rings. The monoisotopic (exact) mass is 438 g/mol. The molecule has 1 aromatic carbocycles. The predicted octanol–water partition coefficient (Wildman–Crippen LogP) is 5.46. The van der Waals surface area contributed by atoms with Gasteiger partial charge >= 0.3 is 0 Å². The van der Waals surface area contributed by atoms with Crippen LogP contribution in [-0.2, 0) is 0 Å². The lowest BCUT2D eigenvalue weighted by molar-refractivity contribution is 0.0636. The van der Waals surface area contributed by atoms with Crippen molar-refractivity contribution in [3.63, 3.8) is 0 Å². The third-order valence-electron chi connectivity index (χ3n) is 5.28. The van der Waals surface area contributed by atoms with Gasteiger partial charge in [0, 0.05) is 40.0 Å². The van der Waals surface area contributed by atoms with E-state index in [9.17, 15) is 4.79 Å². The first-order valence-corrected chi connectivity index (χ1v) is 10.4. The van der Waals surface area contributed by atoms with Gasteiger partial charge in [-0.15, -0.1) is 0 Å². The van der Waals surface area contributed by atoms with Crippen molar-refractivity contribution in [2.45, 2.75) is 39.2 Å². The minimum absolute atomic E-state index is 0.0294. The molecule has 6 heteroatoms. The van der Waals surface area contributed by atoms with Crippen LogP contribution in [0.3, 0.4) is 0 Å². The van der Waals surface area contributed by atoms with Crippen molar-refractivity contribution in [2.24, 2.45) is 0 Å². The number of piperidine rings is 1. The number of halogens is 1. The molecule has 3 aromatic rings. The maximum Gasteiger partial charge on any atom is 0.257 e. The largest absolute Gasteiger partial charge is 0.354 e. The van der Waals surface area contributed by atoms with Crippen molar-refractivity contribution in [1.29, 1.82) is 0 Å². The molecule has 0 bridgehead atoms. The van der Waals surface area contributed by atoms with E-state index in [1.165, 1.54) is 6.42 Å². The molecule has 2 aromatic heterocycles. The van der Waals surface area contributed by atoms with Crippen LogP contribution in [0.25, 0.3) is 11.0 Å². The topological polar surface area (TPSA) is 58.1 Å². The summed E-state index contributed by atoms with van der Waals surface area (Å²) in [5.74, 6) is 0.0294. The summed E-state index contributed by atoms with van der Waals surface area (Å²) in [4.78, 5) is 24.4. The van der Waals surface area contributed by atoms with E-state index in [-0.39, 0.29) is 11.9 Å². The molecule has 3 heterocycles. The zero-order valence-electron chi connectivity index (χ0n) is 16.1. The Bertz CT molecular complexity index is 1020. The van der Waals surface area contributed by atoms with Gasteiger partial charge in [0.05, 0.1) is 11.3 Å². The molecule has 4 rings (SSSR count). The fourth-order valence-electron chi connectivity index (χ4n) is 3.70. The first-order chi connectivity index (χ1) is 13.5. The zero-order chi connectivity index (χ0) is 19.7. The standard InChI is InChI=1S/C22H23BrN4O/c1-14-6-11-18-20(26-17-9-7-16(23)8-10-17)19(13-24-21(18)25-14)22(28)27-12-4-3-5-15(27)2/h6-11,13,15H,3-5,12H2,1-2H3,(H,24,25,26)/t15-/m0/s1. The minimum atomic E-state index is 0.0294. The van der Waals surface area contributed by atoms with E-state index in [0.717, 1.165) is 46.3 Å². The Hall–Kier alpha value is -2.47. The fraction of sp³-hybridized carbons (Fsp3) is 0.318. The van der Waals surface area contributed by atoms with Crippen molar-refractivity contribution in [1.82, 2.24) is 14.9 Å². The van der Waals surface area contributed by atoms with E-state index in [4.69, 9.17) is 0 Å². The first kappa shape index (κ1) is 18.9. The van der Waals surface area contributed by atoms with E-state index in [2.05, 4.69) is 38.1 Å². The average molecular weight is 439 g/mol. The second-order valence-electron chi connectivity index (χ2n) is 7.35. The number of hydrogen-bond acceptors (Lipinski definition) is 4. The van der Waals surface area contributed by atoms with Gasteiger partial charge in [0.15, 0.2) is 5.65 Å². The van der Waals surface area contributed by atoms with Crippen molar-refractivity contribution in [3.05, 3.63) is 58.3 Å². The number of nitrogens with zero attached hydrogens (tertiary/aromatic N) is 3.